The van der Waals surface area contributed by atoms with Gasteiger partial charge in [0, 0.05) is 17.0 Å². The molecule has 0 saturated carbocycles. The molecule has 1 atom stereocenters. The Bertz CT molecular complexity index is 1170. The van der Waals surface area contributed by atoms with Crippen LogP contribution in [0.2, 0.25) is 0 Å². The quantitative estimate of drug-likeness (QED) is 0.352. The molecule has 0 radical (unpaired) electrons. The average Bonchev–Trinajstić information content (AvgIpc) is 3.17. The summed E-state index contributed by atoms with van der Waals surface area (Å²) in [5.74, 6) is 1.84. The number of rotatable bonds is 5. The van der Waals surface area contributed by atoms with E-state index in [4.69, 9.17) is 14.2 Å². The summed E-state index contributed by atoms with van der Waals surface area (Å²) < 4.78 is 16.9. The van der Waals surface area contributed by atoms with Crippen LogP contribution in [0, 0.1) is 10.1 Å². The Hall–Kier alpha value is -3.60. The number of aromatic nitrogens is 3. The normalized spacial score (nSPS) is 15.8. The van der Waals surface area contributed by atoms with E-state index in [0.29, 0.717) is 33.6 Å². The van der Waals surface area contributed by atoms with Crippen LogP contribution < -0.4 is 19.5 Å². The number of benzene rings is 2. The van der Waals surface area contributed by atoms with Crippen molar-refractivity contribution >= 4 is 23.1 Å². The van der Waals surface area contributed by atoms with Gasteiger partial charge in [-0.1, -0.05) is 36.9 Å². The lowest BCUT2D eigenvalue weighted by atomic mass is 10.1. The molecule has 2 aliphatic rings. The predicted molar refractivity (Wildman–Crippen MR) is 112 cm³/mol. The largest absolute Gasteiger partial charge is 0.454 e. The molecule has 0 bridgehead atoms. The monoisotopic (exact) mass is 439 g/mol. The number of nitrogens with one attached hydrogen (secondary N) is 1. The number of nitro groups is 1. The van der Waals surface area contributed by atoms with Crippen LogP contribution in [-0.2, 0) is 0 Å². The van der Waals surface area contributed by atoms with Crippen LogP contribution in [0.5, 0.6) is 17.4 Å². The van der Waals surface area contributed by atoms with Crippen LogP contribution in [0.3, 0.4) is 0 Å². The van der Waals surface area contributed by atoms with Crippen molar-refractivity contribution in [2.75, 3.05) is 17.9 Å². The SMILES string of the molecule is CCCSc1nnc2c(n1)OC(c1cc3c(cc1[N+](=O)[O-])OCO3)Nc1ccccc1-2. The molecule has 0 spiro atoms. The summed E-state index contributed by atoms with van der Waals surface area (Å²) in [6.45, 7) is 2.07. The van der Waals surface area contributed by atoms with Gasteiger partial charge in [0.15, 0.2) is 17.2 Å². The third-order valence-electron chi connectivity index (χ3n) is 4.77. The van der Waals surface area contributed by atoms with E-state index < -0.39 is 11.2 Å². The van der Waals surface area contributed by atoms with Gasteiger partial charge in [0.05, 0.1) is 16.6 Å². The molecule has 3 aromatic rings. The summed E-state index contributed by atoms with van der Waals surface area (Å²) in [6, 6.07) is 10.4. The highest BCUT2D eigenvalue weighted by molar-refractivity contribution is 7.99. The number of thioether (sulfide) groups is 1. The van der Waals surface area contributed by atoms with Gasteiger partial charge in [-0.05, 0) is 18.6 Å². The third kappa shape index (κ3) is 3.56. The highest BCUT2D eigenvalue weighted by Gasteiger charge is 2.33. The Labute approximate surface area is 181 Å². The van der Waals surface area contributed by atoms with E-state index in [1.165, 1.54) is 17.8 Å². The van der Waals surface area contributed by atoms with Crippen LogP contribution in [0.25, 0.3) is 11.3 Å². The Balaban J connectivity index is 1.63. The third-order valence-corrected chi connectivity index (χ3v) is 5.81. The maximum atomic E-state index is 11.8. The topological polar surface area (TPSA) is 122 Å². The van der Waals surface area contributed by atoms with Gasteiger partial charge in [0.2, 0.25) is 24.1 Å². The second-order valence-electron chi connectivity index (χ2n) is 6.81. The van der Waals surface area contributed by atoms with Crippen LogP contribution >= 0.6 is 11.8 Å². The van der Waals surface area contributed by atoms with Gasteiger partial charge in [-0.25, -0.2) is 0 Å². The van der Waals surface area contributed by atoms with Crippen molar-refractivity contribution in [1.29, 1.82) is 0 Å². The Kier molecular flexibility index (Phi) is 4.94. The fraction of sp³-hybridized carbons (Fsp3) is 0.250. The zero-order valence-electron chi connectivity index (χ0n) is 16.4. The van der Waals surface area contributed by atoms with Gasteiger partial charge >= 0.3 is 0 Å². The molecule has 0 saturated heterocycles. The van der Waals surface area contributed by atoms with Crippen molar-refractivity contribution < 1.29 is 19.1 Å². The van der Waals surface area contributed by atoms with E-state index in [2.05, 4.69) is 27.4 Å². The first-order valence-electron chi connectivity index (χ1n) is 9.62. The Morgan fingerprint density at radius 1 is 1.23 bits per heavy atom. The molecule has 10 nitrogen and oxygen atoms in total. The van der Waals surface area contributed by atoms with Crippen LogP contribution in [0.1, 0.15) is 25.1 Å². The summed E-state index contributed by atoms with van der Waals surface area (Å²) in [5, 5.41) is 24.1. The molecule has 1 aromatic heterocycles. The fourth-order valence-corrected chi connectivity index (χ4v) is 3.99. The van der Waals surface area contributed by atoms with Crippen molar-refractivity contribution in [3.63, 3.8) is 0 Å². The molecule has 5 rings (SSSR count). The minimum atomic E-state index is -0.905. The number of hydrogen-bond donors (Lipinski definition) is 1. The molecule has 2 aromatic carbocycles. The van der Waals surface area contributed by atoms with Crippen LogP contribution in [0.4, 0.5) is 11.4 Å². The van der Waals surface area contributed by atoms with E-state index in [1.807, 2.05) is 24.3 Å². The molecule has 1 unspecified atom stereocenters. The van der Waals surface area contributed by atoms with Crippen molar-refractivity contribution in [2.45, 2.75) is 24.7 Å². The highest BCUT2D eigenvalue weighted by Crippen LogP contribution is 2.44. The van der Waals surface area contributed by atoms with E-state index in [9.17, 15) is 10.1 Å². The number of ether oxygens (including phenoxy) is 3. The van der Waals surface area contributed by atoms with Crippen LogP contribution in [-0.4, -0.2) is 32.7 Å². The van der Waals surface area contributed by atoms with Gasteiger partial charge in [0.25, 0.3) is 5.69 Å². The number of hydrogen-bond acceptors (Lipinski definition) is 10. The lowest BCUT2D eigenvalue weighted by Crippen LogP contribution is -2.18. The van der Waals surface area contributed by atoms with Crippen LogP contribution in [0.15, 0.2) is 41.6 Å². The standard InChI is InChI=1S/C20H17N5O5S/c1-2-7-31-20-22-19-17(23-24-20)11-5-3-4-6-13(11)21-18(30-19)12-8-15-16(29-10-28-15)9-14(12)25(26)27/h3-6,8-9,18,21H,2,7,10H2,1H3. The van der Waals surface area contributed by atoms with Gasteiger partial charge in [-0.15, -0.1) is 10.2 Å². The zero-order valence-corrected chi connectivity index (χ0v) is 17.2. The number of para-hydroxylation sites is 1. The Morgan fingerprint density at radius 2 is 2.03 bits per heavy atom. The summed E-state index contributed by atoms with van der Waals surface area (Å²) in [6.07, 6.45) is 0.0561. The molecule has 0 aliphatic carbocycles. The lowest BCUT2D eigenvalue weighted by Gasteiger charge is -2.19. The number of nitro benzene ring substituents is 1. The van der Waals surface area contributed by atoms with E-state index in [-0.39, 0.29) is 18.4 Å². The minimum absolute atomic E-state index is 0.00964. The summed E-state index contributed by atoms with van der Waals surface area (Å²) >= 11 is 1.47. The molecule has 1 N–H and O–H groups in total. The second kappa shape index (κ2) is 7.91. The molecule has 2 aliphatic heterocycles. The number of anilines is 1. The lowest BCUT2D eigenvalue weighted by molar-refractivity contribution is -0.386. The van der Waals surface area contributed by atoms with E-state index in [1.54, 1.807) is 6.07 Å². The summed E-state index contributed by atoms with van der Waals surface area (Å²) in [7, 11) is 0. The average molecular weight is 439 g/mol. The smallest absolute Gasteiger partial charge is 0.282 e. The predicted octanol–water partition coefficient (Wildman–Crippen LogP) is 4.18. The first-order chi connectivity index (χ1) is 15.1. The molecule has 31 heavy (non-hydrogen) atoms. The molecule has 3 heterocycles. The maximum Gasteiger partial charge on any atom is 0.282 e. The molecule has 158 valence electrons. The van der Waals surface area contributed by atoms with Crippen molar-refractivity contribution in [1.82, 2.24) is 15.2 Å². The highest BCUT2D eigenvalue weighted by atomic mass is 32.2. The molecule has 0 amide bonds. The zero-order chi connectivity index (χ0) is 21.4. The van der Waals surface area contributed by atoms with Gasteiger partial charge in [-0.3, -0.25) is 10.1 Å². The molecular weight excluding hydrogens is 422 g/mol. The van der Waals surface area contributed by atoms with E-state index in [0.717, 1.165) is 17.7 Å². The van der Waals surface area contributed by atoms with Crippen molar-refractivity contribution in [3.8, 4) is 28.6 Å². The van der Waals surface area contributed by atoms with Crippen molar-refractivity contribution in [3.05, 3.63) is 52.1 Å². The second-order valence-corrected chi connectivity index (χ2v) is 7.87. The first-order valence-corrected chi connectivity index (χ1v) is 10.6. The van der Waals surface area contributed by atoms with Gasteiger partial charge in [0.1, 0.15) is 0 Å². The number of nitrogens with zero attached hydrogens (tertiary/aromatic N) is 4. The fourth-order valence-electron chi connectivity index (χ4n) is 3.36. The molecule has 0 fully saturated rings. The number of fused-ring (bicyclic) bond motifs is 4. The first kappa shape index (κ1) is 19.4. The van der Waals surface area contributed by atoms with Gasteiger partial charge < -0.3 is 19.5 Å². The van der Waals surface area contributed by atoms with Gasteiger partial charge in [-0.2, -0.15) is 4.98 Å². The Morgan fingerprint density at radius 3 is 2.84 bits per heavy atom. The minimum Gasteiger partial charge on any atom is -0.454 e. The molecule has 11 heteroatoms. The van der Waals surface area contributed by atoms with E-state index >= 15 is 0 Å². The molecular formula is C20H17N5O5S. The maximum absolute atomic E-state index is 11.8. The van der Waals surface area contributed by atoms with Crippen molar-refractivity contribution in [2.24, 2.45) is 0 Å². The summed E-state index contributed by atoms with van der Waals surface area (Å²) in [4.78, 5) is 15.9. The summed E-state index contributed by atoms with van der Waals surface area (Å²) in [5.41, 5.74) is 2.05.